The minimum absolute atomic E-state index is 0.0189. The Hall–Kier alpha value is -3.92. The van der Waals surface area contributed by atoms with E-state index in [0.717, 1.165) is 41.0 Å². The number of aromatic nitrogens is 3. The first-order chi connectivity index (χ1) is 30.8. The predicted molar refractivity (Wildman–Crippen MR) is 273 cm³/mol. The Morgan fingerprint density at radius 1 is 0.773 bits per heavy atom. The first kappa shape index (κ1) is 56.4. The third kappa shape index (κ3) is 18.0. The van der Waals surface area contributed by atoms with Gasteiger partial charge in [0.05, 0.1) is 29.1 Å². The Morgan fingerprint density at radius 2 is 1.38 bits per heavy atom. The number of ether oxygens (including phenoxy) is 2. The summed E-state index contributed by atoms with van der Waals surface area (Å²) in [5, 5.41) is 15.5. The van der Waals surface area contributed by atoms with Crippen LogP contribution in [0.15, 0.2) is 48.5 Å². The van der Waals surface area contributed by atoms with Gasteiger partial charge in [-0.25, -0.2) is 4.68 Å². The molecule has 0 bridgehead atoms. The van der Waals surface area contributed by atoms with E-state index >= 15 is 0 Å². The predicted octanol–water partition coefficient (Wildman–Crippen LogP) is 10.3. The fraction of sp³-hybridized carbons (Fsp3) is 0.647. The summed E-state index contributed by atoms with van der Waals surface area (Å²) in [5.41, 5.74) is 8.36. The van der Waals surface area contributed by atoms with Crippen LogP contribution in [0.25, 0.3) is 22.5 Å². The molecule has 2 aromatic carbocycles. The van der Waals surface area contributed by atoms with Crippen molar-refractivity contribution in [3.8, 4) is 22.5 Å². The Bertz CT molecular complexity index is 2060. The highest BCUT2D eigenvalue weighted by atomic mass is 33.1. The highest BCUT2D eigenvalue weighted by molar-refractivity contribution is 8.77. The van der Waals surface area contributed by atoms with Crippen LogP contribution >= 0.6 is 21.6 Å². The van der Waals surface area contributed by atoms with Gasteiger partial charge < -0.3 is 30.7 Å². The number of rotatable bonds is 25. The van der Waals surface area contributed by atoms with E-state index in [1.54, 1.807) is 26.5 Å². The Labute approximate surface area is 404 Å². The summed E-state index contributed by atoms with van der Waals surface area (Å²) in [6.07, 6.45) is 3.90. The monoisotopic (exact) mass is 952 g/mol. The summed E-state index contributed by atoms with van der Waals surface area (Å²) in [6.45, 7) is 30.1. The zero-order chi connectivity index (χ0) is 49.5. The van der Waals surface area contributed by atoms with Gasteiger partial charge in [0.15, 0.2) is 0 Å². The SMILES string of the molecule is CC.CC(C)NC(=O)C(C)(C)CCOC(C)(C)CCn1nnc2c1-c1ccccc1CN(C(=O)CCC(=O)NC(C)(C)CCOC(C)(C)CCSSC(C)(C)CCC(N)=O)c1ccccc1-2. The number of nitrogens with zero attached hydrogens (tertiary/aromatic N) is 4. The lowest BCUT2D eigenvalue weighted by atomic mass is 9.88. The minimum atomic E-state index is -0.555. The van der Waals surface area contributed by atoms with Crippen LogP contribution < -0.4 is 21.3 Å². The molecule has 0 atom stereocenters. The van der Waals surface area contributed by atoms with Gasteiger partial charge in [0.25, 0.3) is 0 Å². The van der Waals surface area contributed by atoms with Crippen LogP contribution in [0.2, 0.25) is 0 Å². The lowest BCUT2D eigenvalue weighted by Crippen LogP contribution is -2.45. The molecule has 4 N–H and O–H groups in total. The molecule has 15 heteroatoms. The third-order valence-corrected chi connectivity index (χ3v) is 14.9. The molecule has 3 aromatic rings. The number of carbonyl (C=O) groups excluding carboxylic acids is 4. The molecular weight excluding hydrogens is 871 g/mol. The summed E-state index contributed by atoms with van der Waals surface area (Å²) < 4.78 is 14.6. The molecule has 4 amide bonds. The fourth-order valence-corrected chi connectivity index (χ4v) is 10.1. The number of primary amides is 1. The minimum Gasteiger partial charge on any atom is -0.375 e. The van der Waals surface area contributed by atoms with Crippen LogP contribution in [-0.4, -0.2) is 85.1 Å². The number of aryl methyl sites for hydroxylation is 1. The van der Waals surface area contributed by atoms with Crippen molar-refractivity contribution in [3.05, 3.63) is 54.1 Å². The highest BCUT2D eigenvalue weighted by Crippen LogP contribution is 2.42. The van der Waals surface area contributed by atoms with Crippen molar-refractivity contribution in [3.63, 3.8) is 0 Å². The van der Waals surface area contributed by atoms with Gasteiger partial charge in [-0.2, -0.15) is 0 Å². The van der Waals surface area contributed by atoms with Gasteiger partial charge in [-0.3, -0.25) is 19.2 Å². The molecule has 66 heavy (non-hydrogen) atoms. The van der Waals surface area contributed by atoms with Crippen molar-refractivity contribution < 1.29 is 28.7 Å². The summed E-state index contributed by atoms with van der Waals surface area (Å²) in [4.78, 5) is 53.3. The van der Waals surface area contributed by atoms with Crippen LogP contribution in [0.5, 0.6) is 0 Å². The lowest BCUT2D eigenvalue weighted by Gasteiger charge is -2.31. The molecule has 0 saturated heterocycles. The van der Waals surface area contributed by atoms with E-state index in [9.17, 15) is 19.2 Å². The number of carbonyl (C=O) groups is 4. The number of nitrogens with one attached hydrogen (secondary N) is 2. The van der Waals surface area contributed by atoms with Crippen molar-refractivity contribution in [1.29, 1.82) is 0 Å². The van der Waals surface area contributed by atoms with Crippen LogP contribution in [0.1, 0.15) is 154 Å². The zero-order valence-electron chi connectivity index (χ0n) is 42.5. The molecule has 0 aliphatic carbocycles. The van der Waals surface area contributed by atoms with E-state index in [2.05, 4.69) is 57.4 Å². The van der Waals surface area contributed by atoms with Gasteiger partial charge in [0.1, 0.15) is 5.69 Å². The fourth-order valence-electron chi connectivity index (χ4n) is 7.26. The second-order valence-electron chi connectivity index (χ2n) is 20.5. The number of hydrogen-bond donors (Lipinski definition) is 3. The first-order valence-electron chi connectivity index (χ1n) is 23.7. The second kappa shape index (κ2) is 24.9. The van der Waals surface area contributed by atoms with E-state index in [4.69, 9.17) is 20.3 Å². The maximum Gasteiger partial charge on any atom is 0.227 e. The van der Waals surface area contributed by atoms with E-state index in [0.29, 0.717) is 63.4 Å². The molecule has 0 spiro atoms. The number of fused-ring (bicyclic) bond motifs is 5. The van der Waals surface area contributed by atoms with Crippen molar-refractivity contribution in [2.45, 2.75) is 189 Å². The van der Waals surface area contributed by atoms with Crippen molar-refractivity contribution >= 4 is 50.9 Å². The third-order valence-electron chi connectivity index (χ3n) is 11.6. The molecule has 4 rings (SSSR count). The van der Waals surface area contributed by atoms with Crippen molar-refractivity contribution in [2.24, 2.45) is 11.1 Å². The Kier molecular flexibility index (Phi) is 21.3. The summed E-state index contributed by atoms with van der Waals surface area (Å²) in [5.74, 6) is 0.296. The molecule has 0 unspecified atom stereocenters. The molecule has 2 heterocycles. The summed E-state index contributed by atoms with van der Waals surface area (Å²) in [6, 6.07) is 15.9. The van der Waals surface area contributed by atoms with Gasteiger partial charge in [0.2, 0.25) is 23.6 Å². The Balaban J connectivity index is 0.00000570. The molecule has 0 radical (unpaired) electrons. The molecule has 1 aromatic heterocycles. The molecule has 0 saturated carbocycles. The molecule has 1 aliphatic rings. The number of para-hydroxylation sites is 1. The number of nitrogens with two attached hydrogens (primary N) is 1. The molecule has 0 fully saturated rings. The van der Waals surface area contributed by atoms with E-state index in [-0.39, 0.29) is 52.9 Å². The highest BCUT2D eigenvalue weighted by Gasteiger charge is 2.32. The number of anilines is 1. The van der Waals surface area contributed by atoms with Gasteiger partial charge in [0, 0.05) is 77.6 Å². The first-order valence-corrected chi connectivity index (χ1v) is 26.0. The number of hydrogen-bond acceptors (Lipinski definition) is 10. The summed E-state index contributed by atoms with van der Waals surface area (Å²) in [7, 11) is 3.55. The van der Waals surface area contributed by atoms with Crippen LogP contribution in [0.3, 0.4) is 0 Å². The molecular formula is C51H81N7O6S2. The maximum atomic E-state index is 14.2. The second-order valence-corrected chi connectivity index (χ2v) is 23.6. The van der Waals surface area contributed by atoms with Gasteiger partial charge in [-0.1, -0.05) is 97.0 Å². The molecule has 1 aliphatic heterocycles. The van der Waals surface area contributed by atoms with Gasteiger partial charge in [-0.15, -0.1) is 5.10 Å². The number of amides is 4. The standard InChI is InChI=1S/C49H75N7O6S2.C2H6/c1-34(2)51-44(60)45(3,4)26-30-61-47(7,8)25-29-56-43-36-18-14-13-17-35(36)33-55(38-20-16-15-19-37(38)42(43)53-54-56)41(59)22-21-40(58)52-46(5,6)27-31-62-48(9,10)28-32-63-64-49(11,12)24-23-39(50)57;1-2/h13-20,34H,21-33H2,1-12H3,(H2,50,57)(H,51,60)(H,52,58);1-2H3. The van der Waals surface area contributed by atoms with E-state index < -0.39 is 16.6 Å². The topological polar surface area (TPSA) is 171 Å². The lowest BCUT2D eigenvalue weighted by molar-refractivity contribution is -0.132. The van der Waals surface area contributed by atoms with Crippen LogP contribution in [0.4, 0.5) is 5.69 Å². The van der Waals surface area contributed by atoms with Gasteiger partial charge >= 0.3 is 0 Å². The normalized spacial score (nSPS) is 13.1. The Morgan fingerprint density at radius 3 is 2.03 bits per heavy atom. The summed E-state index contributed by atoms with van der Waals surface area (Å²) >= 11 is 0. The molecule has 13 nitrogen and oxygen atoms in total. The van der Waals surface area contributed by atoms with Crippen LogP contribution in [-0.2, 0) is 41.7 Å². The van der Waals surface area contributed by atoms with Crippen molar-refractivity contribution in [2.75, 3.05) is 23.9 Å². The quantitative estimate of drug-likeness (QED) is 0.0549. The maximum absolute atomic E-state index is 14.2. The van der Waals surface area contributed by atoms with E-state index in [1.807, 2.05) is 109 Å². The smallest absolute Gasteiger partial charge is 0.227 e. The number of benzene rings is 2. The van der Waals surface area contributed by atoms with Gasteiger partial charge in [-0.05, 0) is 113 Å². The zero-order valence-corrected chi connectivity index (χ0v) is 44.2. The molecule has 368 valence electrons. The van der Waals surface area contributed by atoms with Crippen LogP contribution in [0, 0.1) is 5.41 Å². The average Bonchev–Trinajstić information content (AvgIpc) is 3.65. The average molecular weight is 952 g/mol. The largest absolute Gasteiger partial charge is 0.375 e. The van der Waals surface area contributed by atoms with E-state index in [1.165, 1.54) is 0 Å². The van der Waals surface area contributed by atoms with Crippen molar-refractivity contribution in [1.82, 2.24) is 25.6 Å².